The van der Waals surface area contributed by atoms with Crippen molar-refractivity contribution in [3.8, 4) is 11.5 Å². The molecule has 6 nitrogen and oxygen atoms in total. The van der Waals surface area contributed by atoms with Gasteiger partial charge in [-0.3, -0.25) is 4.79 Å². The summed E-state index contributed by atoms with van der Waals surface area (Å²) in [5.41, 5.74) is 6.41. The molecule has 110 valence electrons. The Kier molecular flexibility index (Phi) is 4.64. The Hall–Kier alpha value is -2.28. The Morgan fingerprint density at radius 1 is 1.29 bits per heavy atom. The molecule has 0 aliphatic carbocycles. The number of anilines is 2. The third-order valence-corrected chi connectivity index (χ3v) is 3.35. The fourth-order valence-electron chi connectivity index (χ4n) is 1.79. The number of nitrogen functional groups attached to an aromatic ring is 1. The standard InChI is InChI=1S/C14H14BrN3O3/c1-20-10-4-3-5-11(21-2)12(10)14(19)18-13-9(15)6-8(16)7-17-13/h3-7H,16H2,1-2H3,(H,17,18,19). The summed E-state index contributed by atoms with van der Waals surface area (Å²) in [7, 11) is 2.98. The second-order valence-corrected chi connectivity index (χ2v) is 4.95. The van der Waals surface area contributed by atoms with Gasteiger partial charge < -0.3 is 20.5 Å². The molecule has 21 heavy (non-hydrogen) atoms. The fourth-order valence-corrected chi connectivity index (χ4v) is 2.26. The molecule has 0 saturated heterocycles. The number of amides is 1. The summed E-state index contributed by atoms with van der Waals surface area (Å²) in [6, 6.07) is 6.76. The van der Waals surface area contributed by atoms with E-state index < -0.39 is 0 Å². The van der Waals surface area contributed by atoms with Crippen LogP contribution in [0.25, 0.3) is 0 Å². The molecule has 0 aliphatic heterocycles. The van der Waals surface area contributed by atoms with Gasteiger partial charge in [0.25, 0.3) is 5.91 Å². The molecule has 1 heterocycles. The van der Waals surface area contributed by atoms with Crippen molar-refractivity contribution in [3.63, 3.8) is 0 Å². The van der Waals surface area contributed by atoms with Crippen LogP contribution in [0.2, 0.25) is 0 Å². The molecule has 0 bridgehead atoms. The molecule has 1 amide bonds. The maximum Gasteiger partial charge on any atom is 0.264 e. The summed E-state index contributed by atoms with van der Waals surface area (Å²) < 4.78 is 11.0. The third-order valence-electron chi connectivity index (χ3n) is 2.75. The number of hydrogen-bond donors (Lipinski definition) is 2. The first kappa shape index (κ1) is 15.1. The van der Waals surface area contributed by atoms with E-state index in [4.69, 9.17) is 15.2 Å². The lowest BCUT2D eigenvalue weighted by Gasteiger charge is -2.13. The highest BCUT2D eigenvalue weighted by Crippen LogP contribution is 2.30. The third kappa shape index (κ3) is 3.25. The summed E-state index contributed by atoms with van der Waals surface area (Å²) in [6.07, 6.45) is 1.46. The number of nitrogens with one attached hydrogen (secondary N) is 1. The van der Waals surface area contributed by atoms with Crippen LogP contribution < -0.4 is 20.5 Å². The Morgan fingerprint density at radius 2 is 1.90 bits per heavy atom. The number of methoxy groups -OCH3 is 2. The first-order chi connectivity index (χ1) is 10.1. The number of benzene rings is 1. The van der Waals surface area contributed by atoms with Crippen LogP contribution in [-0.2, 0) is 0 Å². The van der Waals surface area contributed by atoms with E-state index >= 15 is 0 Å². The van der Waals surface area contributed by atoms with E-state index in [0.29, 0.717) is 33.0 Å². The summed E-state index contributed by atoms with van der Waals surface area (Å²) in [5.74, 6) is 0.807. The first-order valence-corrected chi connectivity index (χ1v) is 6.79. The topological polar surface area (TPSA) is 86.5 Å². The van der Waals surface area contributed by atoms with Gasteiger partial charge in [0.15, 0.2) is 0 Å². The van der Waals surface area contributed by atoms with Crippen molar-refractivity contribution in [2.45, 2.75) is 0 Å². The van der Waals surface area contributed by atoms with Crippen molar-refractivity contribution < 1.29 is 14.3 Å². The van der Waals surface area contributed by atoms with E-state index in [1.54, 1.807) is 24.3 Å². The molecule has 7 heteroatoms. The predicted octanol–water partition coefficient (Wildman–Crippen LogP) is 2.70. The van der Waals surface area contributed by atoms with Crippen LogP contribution >= 0.6 is 15.9 Å². The highest BCUT2D eigenvalue weighted by molar-refractivity contribution is 9.10. The molecule has 0 saturated carbocycles. The molecule has 3 N–H and O–H groups in total. The SMILES string of the molecule is COc1cccc(OC)c1C(=O)Nc1ncc(N)cc1Br. The van der Waals surface area contributed by atoms with Crippen LogP contribution in [0.1, 0.15) is 10.4 Å². The molecule has 0 aliphatic rings. The lowest BCUT2D eigenvalue weighted by Crippen LogP contribution is -2.16. The van der Waals surface area contributed by atoms with Gasteiger partial charge in [0.05, 0.1) is 30.6 Å². The van der Waals surface area contributed by atoms with Crippen molar-refractivity contribution >= 4 is 33.3 Å². The summed E-state index contributed by atoms with van der Waals surface area (Å²) in [5, 5.41) is 2.69. The monoisotopic (exact) mass is 351 g/mol. The molecule has 0 spiro atoms. The van der Waals surface area contributed by atoms with Gasteiger partial charge in [0, 0.05) is 0 Å². The van der Waals surface area contributed by atoms with E-state index in [9.17, 15) is 4.79 Å². The number of aromatic nitrogens is 1. The molecule has 0 unspecified atom stereocenters. The van der Waals surface area contributed by atoms with Crippen molar-refractivity contribution in [1.82, 2.24) is 4.98 Å². The Labute approximate surface area is 130 Å². The molecule has 1 aromatic carbocycles. The molecule has 2 aromatic rings. The van der Waals surface area contributed by atoms with Crippen molar-refractivity contribution in [2.24, 2.45) is 0 Å². The van der Waals surface area contributed by atoms with E-state index in [0.717, 1.165) is 0 Å². The molecule has 0 radical (unpaired) electrons. The summed E-state index contributed by atoms with van der Waals surface area (Å²) >= 11 is 3.30. The quantitative estimate of drug-likeness (QED) is 0.884. The van der Waals surface area contributed by atoms with Gasteiger partial charge >= 0.3 is 0 Å². The number of hydrogen-bond acceptors (Lipinski definition) is 5. The average Bonchev–Trinajstić information content (AvgIpc) is 2.49. The largest absolute Gasteiger partial charge is 0.496 e. The summed E-state index contributed by atoms with van der Waals surface area (Å²) in [4.78, 5) is 16.5. The number of pyridine rings is 1. The van der Waals surface area contributed by atoms with Crippen LogP contribution in [0.5, 0.6) is 11.5 Å². The van der Waals surface area contributed by atoms with Crippen LogP contribution in [0, 0.1) is 0 Å². The van der Waals surface area contributed by atoms with Gasteiger partial charge in [-0.2, -0.15) is 0 Å². The minimum absolute atomic E-state index is 0.299. The van der Waals surface area contributed by atoms with Crippen LogP contribution in [-0.4, -0.2) is 25.1 Å². The summed E-state index contributed by atoms with van der Waals surface area (Å²) in [6.45, 7) is 0. The van der Waals surface area contributed by atoms with Crippen LogP contribution in [0.4, 0.5) is 11.5 Å². The van der Waals surface area contributed by atoms with Crippen LogP contribution in [0.3, 0.4) is 0 Å². The lowest BCUT2D eigenvalue weighted by molar-refractivity contribution is 0.102. The number of rotatable bonds is 4. The van der Waals surface area contributed by atoms with Crippen molar-refractivity contribution in [1.29, 1.82) is 0 Å². The van der Waals surface area contributed by atoms with E-state index in [1.165, 1.54) is 20.4 Å². The van der Waals surface area contributed by atoms with Crippen LogP contribution in [0.15, 0.2) is 34.9 Å². The number of carbonyl (C=O) groups excluding carboxylic acids is 1. The van der Waals surface area contributed by atoms with Gasteiger partial charge in [0.1, 0.15) is 22.9 Å². The molecule has 2 rings (SSSR count). The minimum atomic E-state index is -0.387. The highest BCUT2D eigenvalue weighted by Gasteiger charge is 2.19. The molecule has 0 fully saturated rings. The van der Waals surface area contributed by atoms with Gasteiger partial charge in [-0.1, -0.05) is 6.07 Å². The fraction of sp³-hybridized carbons (Fsp3) is 0.143. The molecular weight excluding hydrogens is 338 g/mol. The predicted molar refractivity (Wildman–Crippen MR) is 83.8 cm³/mol. The maximum absolute atomic E-state index is 12.4. The van der Waals surface area contributed by atoms with Gasteiger partial charge in [-0.15, -0.1) is 0 Å². The Morgan fingerprint density at radius 3 is 2.43 bits per heavy atom. The Balaban J connectivity index is 2.36. The normalized spacial score (nSPS) is 10.0. The second-order valence-electron chi connectivity index (χ2n) is 4.09. The smallest absolute Gasteiger partial charge is 0.264 e. The zero-order chi connectivity index (χ0) is 15.4. The van der Waals surface area contributed by atoms with Crippen molar-refractivity contribution in [2.75, 3.05) is 25.3 Å². The number of nitrogens with zero attached hydrogens (tertiary/aromatic N) is 1. The number of halogens is 1. The zero-order valence-electron chi connectivity index (χ0n) is 11.5. The molecular formula is C14H14BrN3O3. The molecule has 0 atom stereocenters. The van der Waals surface area contributed by atoms with Crippen molar-refractivity contribution in [3.05, 3.63) is 40.5 Å². The van der Waals surface area contributed by atoms with E-state index in [-0.39, 0.29) is 5.91 Å². The first-order valence-electron chi connectivity index (χ1n) is 6.00. The number of carbonyl (C=O) groups is 1. The lowest BCUT2D eigenvalue weighted by atomic mass is 10.1. The highest BCUT2D eigenvalue weighted by atomic mass is 79.9. The minimum Gasteiger partial charge on any atom is -0.496 e. The number of ether oxygens (including phenoxy) is 2. The van der Waals surface area contributed by atoms with E-state index in [2.05, 4.69) is 26.2 Å². The van der Waals surface area contributed by atoms with Gasteiger partial charge in [-0.25, -0.2) is 4.98 Å². The second kappa shape index (κ2) is 6.45. The average molecular weight is 352 g/mol. The Bertz CT molecular complexity index is 654. The maximum atomic E-state index is 12.4. The van der Waals surface area contributed by atoms with Gasteiger partial charge in [-0.05, 0) is 34.1 Å². The number of nitrogens with two attached hydrogens (primary N) is 1. The zero-order valence-corrected chi connectivity index (χ0v) is 13.1. The molecule has 1 aromatic heterocycles. The van der Waals surface area contributed by atoms with E-state index in [1.807, 2.05) is 0 Å². The van der Waals surface area contributed by atoms with Gasteiger partial charge in [0.2, 0.25) is 0 Å².